The van der Waals surface area contributed by atoms with Gasteiger partial charge in [-0.1, -0.05) is 31.2 Å². The average molecular weight is 352 g/mol. The molecule has 2 aromatic carbocycles. The van der Waals surface area contributed by atoms with Crippen LogP contribution in [-0.2, 0) is 17.8 Å². The maximum absolute atomic E-state index is 11.8. The third kappa shape index (κ3) is 4.44. The van der Waals surface area contributed by atoms with Crippen LogP contribution in [0.2, 0.25) is 0 Å². The summed E-state index contributed by atoms with van der Waals surface area (Å²) in [7, 11) is 1.74. The Kier molecular flexibility index (Phi) is 6.29. The summed E-state index contributed by atoms with van der Waals surface area (Å²) in [6.07, 6.45) is 4.79. The van der Waals surface area contributed by atoms with Gasteiger partial charge in [-0.15, -0.1) is 0 Å². The Balaban J connectivity index is 1.66. The van der Waals surface area contributed by atoms with Gasteiger partial charge in [0.1, 0.15) is 5.75 Å². The molecule has 1 unspecified atom stereocenters. The first-order valence-electron chi connectivity index (χ1n) is 9.49. The summed E-state index contributed by atoms with van der Waals surface area (Å²) in [5.41, 5.74) is 4.73. The molecule has 3 rings (SSSR count). The minimum atomic E-state index is 0.0749. The van der Waals surface area contributed by atoms with Gasteiger partial charge >= 0.3 is 0 Å². The zero-order chi connectivity index (χ0) is 18.4. The van der Waals surface area contributed by atoms with Crippen molar-refractivity contribution in [1.29, 1.82) is 0 Å². The van der Waals surface area contributed by atoms with E-state index >= 15 is 0 Å². The van der Waals surface area contributed by atoms with Crippen LogP contribution >= 0.6 is 0 Å². The van der Waals surface area contributed by atoms with Crippen molar-refractivity contribution in [2.45, 2.75) is 51.6 Å². The average Bonchev–Trinajstić information content (AvgIpc) is 2.66. The number of methoxy groups -OCH3 is 1. The third-order valence-electron chi connectivity index (χ3n) is 4.92. The molecule has 0 aromatic heterocycles. The first-order valence-corrected chi connectivity index (χ1v) is 9.49. The molecule has 1 aliphatic rings. The van der Waals surface area contributed by atoms with E-state index in [1.807, 2.05) is 25.1 Å². The van der Waals surface area contributed by atoms with Gasteiger partial charge in [-0.3, -0.25) is 4.79 Å². The lowest BCUT2D eigenvalue weighted by molar-refractivity contribution is -0.116. The van der Waals surface area contributed by atoms with E-state index in [1.54, 1.807) is 7.11 Å². The molecule has 1 aliphatic carbocycles. The lowest BCUT2D eigenvalue weighted by atomic mass is 9.87. The second-order valence-corrected chi connectivity index (χ2v) is 6.85. The number of carbonyl (C=O) groups is 1. The Hall–Kier alpha value is -2.33. The lowest BCUT2D eigenvalue weighted by Gasteiger charge is -2.28. The molecular formula is C22H28N2O2. The Morgan fingerprint density at radius 3 is 2.88 bits per heavy atom. The molecule has 0 saturated carbocycles. The first kappa shape index (κ1) is 18.5. The molecule has 4 heteroatoms. The van der Waals surface area contributed by atoms with Crippen LogP contribution in [0.3, 0.4) is 0 Å². The SMILES string of the molecule is CCCC(=O)Nc1cccc(CNC2CCCc3c(OC)cccc32)c1. The minimum absolute atomic E-state index is 0.0749. The van der Waals surface area contributed by atoms with Gasteiger partial charge in [-0.2, -0.15) is 0 Å². The van der Waals surface area contributed by atoms with Gasteiger partial charge < -0.3 is 15.4 Å². The number of rotatable bonds is 7. The van der Waals surface area contributed by atoms with E-state index < -0.39 is 0 Å². The molecular weight excluding hydrogens is 324 g/mol. The number of hydrogen-bond donors (Lipinski definition) is 2. The third-order valence-corrected chi connectivity index (χ3v) is 4.92. The van der Waals surface area contributed by atoms with Crippen molar-refractivity contribution >= 4 is 11.6 Å². The molecule has 26 heavy (non-hydrogen) atoms. The zero-order valence-corrected chi connectivity index (χ0v) is 15.7. The van der Waals surface area contributed by atoms with Crippen molar-refractivity contribution in [2.24, 2.45) is 0 Å². The number of hydrogen-bond acceptors (Lipinski definition) is 3. The number of anilines is 1. The van der Waals surface area contributed by atoms with E-state index in [4.69, 9.17) is 4.74 Å². The van der Waals surface area contributed by atoms with Crippen LogP contribution in [-0.4, -0.2) is 13.0 Å². The van der Waals surface area contributed by atoms with Crippen LogP contribution in [0.4, 0.5) is 5.69 Å². The number of ether oxygens (including phenoxy) is 1. The largest absolute Gasteiger partial charge is 0.496 e. The second kappa shape index (κ2) is 8.86. The van der Waals surface area contributed by atoms with Gasteiger partial charge in [0.05, 0.1) is 7.11 Å². The van der Waals surface area contributed by atoms with Crippen molar-refractivity contribution in [3.63, 3.8) is 0 Å². The van der Waals surface area contributed by atoms with Crippen LogP contribution in [0.5, 0.6) is 5.75 Å². The molecule has 0 radical (unpaired) electrons. The van der Waals surface area contributed by atoms with Crippen LogP contribution in [0.1, 0.15) is 55.3 Å². The van der Waals surface area contributed by atoms with Crippen molar-refractivity contribution in [3.05, 3.63) is 59.2 Å². The fraction of sp³-hybridized carbons (Fsp3) is 0.409. The van der Waals surface area contributed by atoms with Gasteiger partial charge in [-0.25, -0.2) is 0 Å². The molecule has 138 valence electrons. The van der Waals surface area contributed by atoms with Gasteiger partial charge in [-0.05, 0) is 60.6 Å². The van der Waals surface area contributed by atoms with Crippen molar-refractivity contribution in [2.75, 3.05) is 12.4 Å². The smallest absolute Gasteiger partial charge is 0.224 e. The van der Waals surface area contributed by atoms with E-state index in [2.05, 4.69) is 34.9 Å². The molecule has 2 N–H and O–H groups in total. The number of fused-ring (bicyclic) bond motifs is 1. The van der Waals surface area contributed by atoms with Gasteiger partial charge in [0, 0.05) is 24.7 Å². The number of nitrogens with one attached hydrogen (secondary N) is 2. The Morgan fingerprint density at radius 1 is 1.23 bits per heavy atom. The molecule has 0 saturated heterocycles. The molecule has 0 fully saturated rings. The Bertz CT molecular complexity index is 758. The van der Waals surface area contributed by atoms with E-state index in [1.165, 1.54) is 16.7 Å². The maximum Gasteiger partial charge on any atom is 0.224 e. The van der Waals surface area contributed by atoms with Crippen LogP contribution in [0.15, 0.2) is 42.5 Å². The number of benzene rings is 2. The standard InChI is InChI=1S/C22H28N2O2/c1-3-7-22(25)24-17-9-4-8-16(14-17)15-23-20-12-5-11-19-18(20)10-6-13-21(19)26-2/h4,6,8-10,13-14,20,23H,3,5,7,11-12,15H2,1-2H3,(H,24,25). The van der Waals surface area contributed by atoms with Crippen molar-refractivity contribution in [1.82, 2.24) is 5.32 Å². The summed E-state index contributed by atoms with van der Waals surface area (Å²) in [5, 5.41) is 6.65. The number of carbonyl (C=O) groups excluding carboxylic acids is 1. The molecule has 0 spiro atoms. The summed E-state index contributed by atoms with van der Waals surface area (Å²) in [4.78, 5) is 11.8. The highest BCUT2D eigenvalue weighted by molar-refractivity contribution is 5.90. The molecule has 4 nitrogen and oxygen atoms in total. The Morgan fingerprint density at radius 2 is 2.08 bits per heavy atom. The fourth-order valence-electron chi connectivity index (χ4n) is 3.67. The molecule has 1 amide bonds. The summed E-state index contributed by atoms with van der Waals surface area (Å²) < 4.78 is 5.53. The minimum Gasteiger partial charge on any atom is -0.496 e. The zero-order valence-electron chi connectivity index (χ0n) is 15.7. The van der Waals surface area contributed by atoms with Crippen LogP contribution in [0.25, 0.3) is 0 Å². The molecule has 0 heterocycles. The van der Waals surface area contributed by atoms with E-state index in [9.17, 15) is 4.79 Å². The highest BCUT2D eigenvalue weighted by atomic mass is 16.5. The second-order valence-electron chi connectivity index (χ2n) is 6.85. The molecule has 2 aromatic rings. The predicted octanol–water partition coefficient (Wildman–Crippen LogP) is 4.60. The summed E-state index contributed by atoms with van der Waals surface area (Å²) in [5.74, 6) is 1.07. The summed E-state index contributed by atoms with van der Waals surface area (Å²) in [6, 6.07) is 14.7. The topological polar surface area (TPSA) is 50.4 Å². The fourth-order valence-corrected chi connectivity index (χ4v) is 3.67. The van der Waals surface area contributed by atoms with Gasteiger partial charge in [0.2, 0.25) is 5.91 Å². The molecule has 1 atom stereocenters. The molecule has 0 bridgehead atoms. The highest BCUT2D eigenvalue weighted by Gasteiger charge is 2.22. The molecule has 0 aliphatic heterocycles. The monoisotopic (exact) mass is 352 g/mol. The normalized spacial score (nSPS) is 16.0. The van der Waals surface area contributed by atoms with E-state index in [-0.39, 0.29) is 5.91 Å². The predicted molar refractivity (Wildman–Crippen MR) is 105 cm³/mol. The van der Waals surface area contributed by atoms with E-state index in [0.29, 0.717) is 12.5 Å². The summed E-state index contributed by atoms with van der Waals surface area (Å²) in [6.45, 7) is 2.79. The van der Waals surface area contributed by atoms with Crippen LogP contribution < -0.4 is 15.4 Å². The highest BCUT2D eigenvalue weighted by Crippen LogP contribution is 2.35. The van der Waals surface area contributed by atoms with Gasteiger partial charge in [0.25, 0.3) is 0 Å². The first-order chi connectivity index (χ1) is 12.7. The van der Waals surface area contributed by atoms with Crippen molar-refractivity contribution < 1.29 is 9.53 Å². The number of amides is 1. The maximum atomic E-state index is 11.8. The van der Waals surface area contributed by atoms with Crippen molar-refractivity contribution in [3.8, 4) is 5.75 Å². The van der Waals surface area contributed by atoms with Crippen LogP contribution in [0, 0.1) is 0 Å². The quantitative estimate of drug-likeness (QED) is 0.765. The van der Waals surface area contributed by atoms with E-state index in [0.717, 1.165) is 43.7 Å². The van der Waals surface area contributed by atoms with Gasteiger partial charge in [0.15, 0.2) is 0 Å². The summed E-state index contributed by atoms with van der Waals surface area (Å²) >= 11 is 0. The lowest BCUT2D eigenvalue weighted by Crippen LogP contribution is -2.25. The Labute approximate surface area is 156 Å².